The van der Waals surface area contributed by atoms with Crippen molar-refractivity contribution in [1.82, 2.24) is 5.32 Å². The Morgan fingerprint density at radius 2 is 2.33 bits per heavy atom. The lowest BCUT2D eigenvalue weighted by molar-refractivity contribution is -0.115. The Balaban J connectivity index is 2.46. The van der Waals surface area contributed by atoms with Crippen LogP contribution in [0.5, 0.6) is 0 Å². The highest BCUT2D eigenvalue weighted by molar-refractivity contribution is 5.90. The van der Waals surface area contributed by atoms with Crippen molar-refractivity contribution in [2.24, 2.45) is 0 Å². The van der Waals surface area contributed by atoms with Crippen molar-refractivity contribution in [1.29, 1.82) is 0 Å². The molecule has 2 N–H and O–H groups in total. The van der Waals surface area contributed by atoms with Gasteiger partial charge in [0.25, 0.3) is 0 Å². The molecular formula is C8H12N2O2. The van der Waals surface area contributed by atoms with E-state index in [0.29, 0.717) is 12.4 Å². The number of aryl methyl sites for hydroxylation is 1. The highest BCUT2D eigenvalue weighted by Crippen LogP contribution is 2.10. The average Bonchev–Trinajstić information content (AvgIpc) is 2.36. The molecule has 1 heterocycles. The SMILES string of the molecule is CNCC(=O)Nc1ccc(C)o1. The summed E-state index contributed by atoms with van der Waals surface area (Å²) in [4.78, 5) is 11.0. The van der Waals surface area contributed by atoms with E-state index in [9.17, 15) is 4.79 Å². The maximum absolute atomic E-state index is 11.0. The lowest BCUT2D eigenvalue weighted by Crippen LogP contribution is -2.24. The van der Waals surface area contributed by atoms with Crippen molar-refractivity contribution in [2.75, 3.05) is 18.9 Å². The molecule has 0 saturated carbocycles. The summed E-state index contributed by atoms with van der Waals surface area (Å²) in [5.41, 5.74) is 0. The Hall–Kier alpha value is -1.29. The van der Waals surface area contributed by atoms with Gasteiger partial charge in [0.15, 0.2) is 5.88 Å². The largest absolute Gasteiger partial charge is 0.446 e. The zero-order valence-electron chi connectivity index (χ0n) is 7.18. The second-order valence-electron chi connectivity index (χ2n) is 2.49. The predicted molar refractivity (Wildman–Crippen MR) is 46.0 cm³/mol. The monoisotopic (exact) mass is 168 g/mol. The number of anilines is 1. The summed E-state index contributed by atoms with van der Waals surface area (Å²) in [6, 6.07) is 3.53. The Morgan fingerprint density at radius 1 is 1.58 bits per heavy atom. The maximum Gasteiger partial charge on any atom is 0.240 e. The van der Waals surface area contributed by atoms with Crippen LogP contribution in [0.25, 0.3) is 0 Å². The molecule has 0 fully saturated rings. The molecule has 4 heteroatoms. The van der Waals surface area contributed by atoms with Gasteiger partial charge in [-0.1, -0.05) is 0 Å². The molecule has 66 valence electrons. The van der Waals surface area contributed by atoms with Crippen LogP contribution in [-0.4, -0.2) is 19.5 Å². The molecule has 0 bridgehead atoms. The van der Waals surface area contributed by atoms with Crippen LogP contribution in [0.15, 0.2) is 16.5 Å². The van der Waals surface area contributed by atoms with Crippen LogP contribution in [0.4, 0.5) is 5.88 Å². The van der Waals surface area contributed by atoms with Gasteiger partial charge in [0.05, 0.1) is 6.54 Å². The minimum atomic E-state index is -0.105. The number of amides is 1. The maximum atomic E-state index is 11.0. The highest BCUT2D eigenvalue weighted by atomic mass is 16.4. The number of likely N-dealkylation sites (N-methyl/N-ethyl adjacent to an activating group) is 1. The lowest BCUT2D eigenvalue weighted by Gasteiger charge is -1.99. The summed E-state index contributed by atoms with van der Waals surface area (Å²) in [5.74, 6) is 1.18. The second kappa shape index (κ2) is 3.92. The van der Waals surface area contributed by atoms with Crippen LogP contribution < -0.4 is 10.6 Å². The molecule has 0 spiro atoms. The second-order valence-corrected chi connectivity index (χ2v) is 2.49. The molecule has 1 aromatic heterocycles. The van der Waals surface area contributed by atoms with Crippen LogP contribution in [0.3, 0.4) is 0 Å². The molecule has 0 aromatic carbocycles. The Labute approximate surface area is 70.9 Å². The van der Waals surface area contributed by atoms with Crippen molar-refractivity contribution in [3.8, 4) is 0 Å². The van der Waals surface area contributed by atoms with E-state index in [1.807, 2.05) is 6.92 Å². The lowest BCUT2D eigenvalue weighted by atomic mass is 10.5. The third-order valence-electron chi connectivity index (χ3n) is 1.34. The first kappa shape index (κ1) is 8.80. The minimum absolute atomic E-state index is 0.105. The first-order valence-electron chi connectivity index (χ1n) is 3.73. The Bertz CT molecular complexity index is 268. The molecule has 12 heavy (non-hydrogen) atoms. The zero-order chi connectivity index (χ0) is 8.97. The van der Waals surface area contributed by atoms with Gasteiger partial charge in [0, 0.05) is 6.07 Å². The van der Waals surface area contributed by atoms with Gasteiger partial charge in [0.1, 0.15) is 5.76 Å². The van der Waals surface area contributed by atoms with Gasteiger partial charge >= 0.3 is 0 Å². The molecule has 0 aliphatic heterocycles. The third-order valence-corrected chi connectivity index (χ3v) is 1.34. The van der Waals surface area contributed by atoms with Gasteiger partial charge in [-0.05, 0) is 20.0 Å². The number of carbonyl (C=O) groups is 1. The molecule has 0 unspecified atom stereocenters. The summed E-state index contributed by atoms with van der Waals surface area (Å²) < 4.78 is 5.14. The summed E-state index contributed by atoms with van der Waals surface area (Å²) in [7, 11) is 1.72. The number of hydrogen-bond acceptors (Lipinski definition) is 3. The van der Waals surface area contributed by atoms with E-state index in [1.54, 1.807) is 19.2 Å². The Morgan fingerprint density at radius 3 is 2.83 bits per heavy atom. The molecule has 0 aliphatic carbocycles. The highest BCUT2D eigenvalue weighted by Gasteiger charge is 2.02. The molecule has 0 aliphatic rings. The first-order chi connectivity index (χ1) is 5.72. The van der Waals surface area contributed by atoms with Crippen LogP contribution in [0.2, 0.25) is 0 Å². The fraction of sp³-hybridized carbons (Fsp3) is 0.375. The minimum Gasteiger partial charge on any atom is -0.446 e. The van der Waals surface area contributed by atoms with Crippen LogP contribution >= 0.6 is 0 Å². The Kier molecular flexibility index (Phi) is 2.88. The smallest absolute Gasteiger partial charge is 0.240 e. The fourth-order valence-corrected chi connectivity index (χ4v) is 0.844. The van der Waals surface area contributed by atoms with E-state index in [0.717, 1.165) is 5.76 Å². The van der Waals surface area contributed by atoms with Crippen molar-refractivity contribution in [2.45, 2.75) is 6.92 Å². The zero-order valence-corrected chi connectivity index (χ0v) is 7.18. The van der Waals surface area contributed by atoms with E-state index < -0.39 is 0 Å². The van der Waals surface area contributed by atoms with Gasteiger partial charge in [-0.15, -0.1) is 0 Å². The topological polar surface area (TPSA) is 54.3 Å². The van der Waals surface area contributed by atoms with Gasteiger partial charge in [-0.3, -0.25) is 10.1 Å². The number of nitrogens with one attached hydrogen (secondary N) is 2. The molecule has 1 amide bonds. The van der Waals surface area contributed by atoms with Gasteiger partial charge in [0.2, 0.25) is 5.91 Å². The van der Waals surface area contributed by atoms with Crippen molar-refractivity contribution < 1.29 is 9.21 Å². The van der Waals surface area contributed by atoms with Crippen molar-refractivity contribution in [3.05, 3.63) is 17.9 Å². The molecule has 4 nitrogen and oxygen atoms in total. The number of carbonyl (C=O) groups excluding carboxylic acids is 1. The summed E-state index contributed by atoms with van der Waals surface area (Å²) in [6.07, 6.45) is 0. The van der Waals surface area contributed by atoms with Crippen LogP contribution in [0, 0.1) is 6.92 Å². The quantitative estimate of drug-likeness (QED) is 0.700. The van der Waals surface area contributed by atoms with E-state index in [2.05, 4.69) is 10.6 Å². The molecule has 0 saturated heterocycles. The normalized spacial score (nSPS) is 9.83. The molecule has 1 rings (SSSR count). The van der Waals surface area contributed by atoms with Crippen molar-refractivity contribution >= 4 is 11.8 Å². The third kappa shape index (κ3) is 2.39. The van der Waals surface area contributed by atoms with Crippen LogP contribution in [0.1, 0.15) is 5.76 Å². The first-order valence-corrected chi connectivity index (χ1v) is 3.73. The number of hydrogen-bond donors (Lipinski definition) is 2. The standard InChI is InChI=1S/C8H12N2O2/c1-6-3-4-8(12-6)10-7(11)5-9-2/h3-4,9H,5H2,1-2H3,(H,10,11). The summed E-state index contributed by atoms with van der Waals surface area (Å²) in [5, 5.41) is 5.34. The number of rotatable bonds is 3. The predicted octanol–water partition coefficient (Wildman–Crippen LogP) is 0.746. The molecule has 0 atom stereocenters. The van der Waals surface area contributed by atoms with E-state index in [1.165, 1.54) is 0 Å². The summed E-state index contributed by atoms with van der Waals surface area (Å²) in [6.45, 7) is 2.12. The molecule has 0 radical (unpaired) electrons. The van der Waals surface area contributed by atoms with Gasteiger partial charge in [-0.25, -0.2) is 0 Å². The van der Waals surface area contributed by atoms with E-state index in [4.69, 9.17) is 4.42 Å². The van der Waals surface area contributed by atoms with Crippen molar-refractivity contribution in [3.63, 3.8) is 0 Å². The van der Waals surface area contributed by atoms with E-state index in [-0.39, 0.29) is 5.91 Å². The molecule has 1 aromatic rings. The van der Waals surface area contributed by atoms with Gasteiger partial charge < -0.3 is 9.73 Å². The molecular weight excluding hydrogens is 156 g/mol. The fourth-order valence-electron chi connectivity index (χ4n) is 0.844. The number of furan rings is 1. The van der Waals surface area contributed by atoms with Gasteiger partial charge in [-0.2, -0.15) is 0 Å². The average molecular weight is 168 g/mol. The van der Waals surface area contributed by atoms with Crippen LogP contribution in [-0.2, 0) is 4.79 Å². The van der Waals surface area contributed by atoms with E-state index >= 15 is 0 Å². The summed E-state index contributed by atoms with van der Waals surface area (Å²) >= 11 is 0.